The molecule has 0 radical (unpaired) electrons. The largest absolute Gasteiger partial charge is 0.504 e. The number of para-hydroxylation sites is 1. The number of hydrogen-bond donors (Lipinski definition) is 5. The maximum Gasteiger partial charge on any atom is 0.229 e. The third-order valence-electron chi connectivity index (χ3n) is 4.97. The number of aliphatic hydroxyl groups is 4. The number of aliphatic hydroxyl groups excluding tert-OH is 4. The third-order valence-corrected chi connectivity index (χ3v) is 4.97. The maximum absolute atomic E-state index is 12.3. The fraction of sp³-hybridized carbons (Fsp3) is 0.286. The van der Waals surface area contributed by atoms with E-state index in [1.807, 2.05) is 0 Å². The van der Waals surface area contributed by atoms with Crippen LogP contribution in [0.4, 0.5) is 0 Å². The second-order valence-electron chi connectivity index (χ2n) is 6.97. The Morgan fingerprint density at radius 3 is 2.47 bits per heavy atom. The Morgan fingerprint density at radius 1 is 0.967 bits per heavy atom. The van der Waals surface area contributed by atoms with Crippen LogP contribution in [0, 0.1) is 0 Å². The minimum atomic E-state index is -1.61. The van der Waals surface area contributed by atoms with Crippen molar-refractivity contribution in [2.75, 3.05) is 6.61 Å². The van der Waals surface area contributed by atoms with E-state index in [9.17, 15) is 30.3 Å². The number of hydrogen-bond acceptors (Lipinski definition) is 9. The van der Waals surface area contributed by atoms with Crippen LogP contribution >= 0.6 is 0 Å². The molecule has 0 bridgehead atoms. The van der Waals surface area contributed by atoms with E-state index in [1.54, 1.807) is 24.3 Å². The summed E-state index contributed by atoms with van der Waals surface area (Å²) < 4.78 is 16.4. The van der Waals surface area contributed by atoms with Crippen LogP contribution in [0.15, 0.2) is 57.7 Å². The number of aromatic hydroxyl groups is 1. The van der Waals surface area contributed by atoms with Gasteiger partial charge in [0.2, 0.25) is 6.29 Å². The average molecular weight is 416 g/mol. The smallest absolute Gasteiger partial charge is 0.229 e. The topological polar surface area (TPSA) is 150 Å². The molecule has 5 N–H and O–H groups in total. The summed E-state index contributed by atoms with van der Waals surface area (Å²) in [7, 11) is 0. The Labute approximate surface area is 170 Å². The molecule has 158 valence electrons. The standard InChI is InChI=1S/C21H20O9/c22-9-17-18(25)19(26)20(27)21(30-17)29-15-6-5-10(7-13(15)24)16-8-12(23)11-3-1-2-4-14(11)28-16/h1-8,17-22,24-27H,9H2/t17?,18-,19?,20?,21-/m1/s1. The van der Waals surface area contributed by atoms with Crippen LogP contribution in [-0.4, -0.2) is 62.8 Å². The van der Waals surface area contributed by atoms with Crippen molar-refractivity contribution in [2.24, 2.45) is 0 Å². The van der Waals surface area contributed by atoms with E-state index in [1.165, 1.54) is 24.3 Å². The molecule has 1 aliphatic heterocycles. The van der Waals surface area contributed by atoms with Gasteiger partial charge in [-0.25, -0.2) is 0 Å². The van der Waals surface area contributed by atoms with Gasteiger partial charge >= 0.3 is 0 Å². The molecule has 9 heteroatoms. The zero-order valence-electron chi connectivity index (χ0n) is 15.6. The lowest BCUT2D eigenvalue weighted by Crippen LogP contribution is -2.60. The van der Waals surface area contributed by atoms with Crippen LogP contribution in [-0.2, 0) is 4.74 Å². The van der Waals surface area contributed by atoms with Crippen LogP contribution in [0.3, 0.4) is 0 Å². The first-order valence-corrected chi connectivity index (χ1v) is 9.22. The van der Waals surface area contributed by atoms with E-state index in [2.05, 4.69) is 0 Å². The highest BCUT2D eigenvalue weighted by molar-refractivity contribution is 5.78. The Morgan fingerprint density at radius 2 is 1.73 bits per heavy atom. The van der Waals surface area contributed by atoms with Gasteiger partial charge in [-0.3, -0.25) is 4.79 Å². The van der Waals surface area contributed by atoms with Gasteiger partial charge in [-0.1, -0.05) is 12.1 Å². The molecule has 9 nitrogen and oxygen atoms in total. The first kappa shape index (κ1) is 20.3. The molecule has 1 fully saturated rings. The average Bonchev–Trinajstić information content (AvgIpc) is 2.75. The molecule has 30 heavy (non-hydrogen) atoms. The van der Waals surface area contributed by atoms with Crippen molar-refractivity contribution in [3.63, 3.8) is 0 Å². The molecule has 2 heterocycles. The van der Waals surface area contributed by atoms with Crippen molar-refractivity contribution in [1.82, 2.24) is 0 Å². The molecule has 5 atom stereocenters. The van der Waals surface area contributed by atoms with E-state index in [0.717, 1.165) is 0 Å². The van der Waals surface area contributed by atoms with Crippen molar-refractivity contribution in [3.8, 4) is 22.8 Å². The first-order valence-electron chi connectivity index (χ1n) is 9.22. The van der Waals surface area contributed by atoms with Crippen molar-refractivity contribution in [3.05, 3.63) is 58.8 Å². The Balaban J connectivity index is 1.60. The van der Waals surface area contributed by atoms with E-state index in [4.69, 9.17) is 13.9 Å². The number of phenols is 1. The van der Waals surface area contributed by atoms with Gasteiger partial charge in [0, 0.05) is 11.6 Å². The summed E-state index contributed by atoms with van der Waals surface area (Å²) in [5, 5.41) is 49.8. The van der Waals surface area contributed by atoms with Gasteiger partial charge in [0.15, 0.2) is 16.9 Å². The molecule has 3 unspecified atom stereocenters. The zero-order chi connectivity index (χ0) is 21.4. The van der Waals surface area contributed by atoms with Crippen LogP contribution in [0.25, 0.3) is 22.3 Å². The van der Waals surface area contributed by atoms with Crippen molar-refractivity contribution in [2.45, 2.75) is 30.7 Å². The molecule has 1 aliphatic rings. The minimum absolute atomic E-state index is 0.0776. The maximum atomic E-state index is 12.3. The summed E-state index contributed by atoms with van der Waals surface area (Å²) >= 11 is 0. The number of benzene rings is 2. The molecule has 3 aromatic rings. The van der Waals surface area contributed by atoms with Gasteiger partial charge < -0.3 is 39.4 Å². The molecular formula is C21H20O9. The highest BCUT2D eigenvalue weighted by Crippen LogP contribution is 2.34. The van der Waals surface area contributed by atoms with Gasteiger partial charge in [0.05, 0.1) is 12.0 Å². The van der Waals surface area contributed by atoms with E-state index < -0.39 is 37.3 Å². The zero-order valence-corrected chi connectivity index (χ0v) is 15.6. The van der Waals surface area contributed by atoms with Crippen LogP contribution in [0.1, 0.15) is 0 Å². The molecule has 1 aromatic heterocycles. The summed E-state index contributed by atoms with van der Waals surface area (Å²) in [5.74, 6) is -0.167. The molecule has 0 aliphatic carbocycles. The molecular weight excluding hydrogens is 396 g/mol. The predicted octanol–water partition coefficient (Wildman–Crippen LogP) is 0.344. The Hall–Kier alpha value is -2.95. The van der Waals surface area contributed by atoms with Crippen LogP contribution < -0.4 is 10.2 Å². The Bertz CT molecular complexity index is 1110. The van der Waals surface area contributed by atoms with Crippen molar-refractivity contribution < 1.29 is 39.4 Å². The van der Waals surface area contributed by atoms with Gasteiger partial charge in [0.1, 0.15) is 35.8 Å². The molecule has 0 amide bonds. The molecule has 0 spiro atoms. The van der Waals surface area contributed by atoms with E-state index in [0.29, 0.717) is 16.5 Å². The Kier molecular flexibility index (Phi) is 5.46. The van der Waals surface area contributed by atoms with Gasteiger partial charge in [-0.15, -0.1) is 0 Å². The quantitative estimate of drug-likeness (QED) is 0.406. The lowest BCUT2D eigenvalue weighted by molar-refractivity contribution is -0.277. The first-order chi connectivity index (χ1) is 14.4. The highest BCUT2D eigenvalue weighted by Gasteiger charge is 2.44. The summed E-state index contributed by atoms with van der Waals surface area (Å²) in [5.41, 5.74) is 0.589. The fourth-order valence-corrected chi connectivity index (χ4v) is 3.31. The second kappa shape index (κ2) is 8.05. The van der Waals surface area contributed by atoms with Crippen LogP contribution in [0.2, 0.25) is 0 Å². The molecule has 4 rings (SSSR count). The monoisotopic (exact) mass is 416 g/mol. The third kappa shape index (κ3) is 3.64. The fourth-order valence-electron chi connectivity index (χ4n) is 3.31. The summed E-state index contributed by atoms with van der Waals surface area (Å²) in [4.78, 5) is 12.3. The molecule has 1 saturated heterocycles. The number of rotatable bonds is 4. The molecule has 2 aromatic carbocycles. The highest BCUT2D eigenvalue weighted by atomic mass is 16.7. The van der Waals surface area contributed by atoms with Gasteiger partial charge in [0.25, 0.3) is 0 Å². The SMILES string of the molecule is O=c1cc(-c2ccc(O[C@@H]3OC(CO)[C@@H](O)C(O)C3O)c(O)c2)oc2ccccc12. The summed E-state index contributed by atoms with van der Waals surface area (Å²) in [6, 6.07) is 12.3. The van der Waals surface area contributed by atoms with Crippen molar-refractivity contribution >= 4 is 11.0 Å². The second-order valence-corrected chi connectivity index (χ2v) is 6.97. The minimum Gasteiger partial charge on any atom is -0.504 e. The van der Waals surface area contributed by atoms with E-state index >= 15 is 0 Å². The normalized spacial score (nSPS) is 26.6. The lowest BCUT2D eigenvalue weighted by atomic mass is 9.99. The number of ether oxygens (including phenoxy) is 2. The van der Waals surface area contributed by atoms with E-state index in [-0.39, 0.29) is 22.7 Å². The summed E-state index contributed by atoms with van der Waals surface area (Å²) in [6.45, 7) is -0.600. The predicted molar refractivity (Wildman–Crippen MR) is 104 cm³/mol. The summed E-state index contributed by atoms with van der Waals surface area (Å²) in [6.07, 6.45) is -7.30. The van der Waals surface area contributed by atoms with Gasteiger partial charge in [-0.2, -0.15) is 0 Å². The number of phenolic OH excluding ortho intramolecular Hbond substituents is 1. The van der Waals surface area contributed by atoms with Gasteiger partial charge in [-0.05, 0) is 30.3 Å². The molecule has 0 saturated carbocycles. The number of fused-ring (bicyclic) bond motifs is 1. The van der Waals surface area contributed by atoms with Crippen LogP contribution in [0.5, 0.6) is 11.5 Å². The van der Waals surface area contributed by atoms with Crippen molar-refractivity contribution in [1.29, 1.82) is 0 Å². The lowest BCUT2D eigenvalue weighted by Gasteiger charge is -2.39.